The van der Waals surface area contributed by atoms with Gasteiger partial charge in [0.15, 0.2) is 5.17 Å². The Bertz CT molecular complexity index is 1410. The van der Waals surface area contributed by atoms with Gasteiger partial charge in [0.2, 0.25) is 0 Å². The Balaban J connectivity index is 1.68. The van der Waals surface area contributed by atoms with Crippen molar-refractivity contribution in [2.24, 2.45) is 4.99 Å². The lowest BCUT2D eigenvalue weighted by Gasteiger charge is -2.15. The molecule has 1 fully saturated rings. The van der Waals surface area contributed by atoms with Gasteiger partial charge < -0.3 is 14.6 Å². The molecule has 2 aromatic carbocycles. The molecule has 35 heavy (non-hydrogen) atoms. The van der Waals surface area contributed by atoms with Crippen LogP contribution in [0.5, 0.6) is 0 Å². The number of ether oxygens (including phenoxy) is 1. The Morgan fingerprint density at radius 1 is 1.11 bits per heavy atom. The van der Waals surface area contributed by atoms with Crippen LogP contribution in [0.4, 0.5) is 5.69 Å². The Morgan fingerprint density at radius 3 is 2.46 bits per heavy atom. The topological polar surface area (TPSA) is 72.7 Å². The molecular weight excluding hydrogens is 526 g/mol. The number of amides is 1. The second kappa shape index (κ2) is 9.87. The van der Waals surface area contributed by atoms with Gasteiger partial charge in [0.1, 0.15) is 0 Å². The number of halogens is 1. The number of nitrogens with zero attached hydrogens (tertiary/aromatic N) is 2. The van der Waals surface area contributed by atoms with E-state index in [0.29, 0.717) is 15.6 Å². The van der Waals surface area contributed by atoms with E-state index in [2.05, 4.69) is 30.8 Å². The highest BCUT2D eigenvalue weighted by atomic mass is 79.9. The Hall–Kier alpha value is -3.10. The summed E-state index contributed by atoms with van der Waals surface area (Å²) in [6, 6.07) is 11.6. The summed E-state index contributed by atoms with van der Waals surface area (Å²) < 4.78 is 8.08. The van der Waals surface area contributed by atoms with Crippen LogP contribution in [0.3, 0.4) is 0 Å². The minimum absolute atomic E-state index is 0.173. The quantitative estimate of drug-likeness (QED) is 0.298. The molecule has 0 bridgehead atoms. The first kappa shape index (κ1) is 25.0. The number of hydrogen-bond donors (Lipinski definition) is 1. The minimum atomic E-state index is -0.365. The van der Waals surface area contributed by atoms with E-state index >= 15 is 0 Å². The second-order valence-corrected chi connectivity index (χ2v) is 10.3. The highest BCUT2D eigenvalue weighted by Crippen LogP contribution is 2.33. The van der Waals surface area contributed by atoms with Crippen molar-refractivity contribution in [2.45, 2.75) is 34.6 Å². The maximum absolute atomic E-state index is 12.7. The molecule has 0 aliphatic carbocycles. The van der Waals surface area contributed by atoms with Crippen molar-refractivity contribution < 1.29 is 14.3 Å². The van der Waals surface area contributed by atoms with Crippen molar-refractivity contribution in [3.8, 4) is 5.69 Å². The summed E-state index contributed by atoms with van der Waals surface area (Å²) in [5, 5.41) is 3.42. The molecule has 0 saturated carbocycles. The third-order valence-corrected chi connectivity index (χ3v) is 8.17. The van der Waals surface area contributed by atoms with Gasteiger partial charge in [-0.15, -0.1) is 0 Å². The molecule has 180 valence electrons. The number of carbonyl (C=O) groups is 2. The zero-order chi connectivity index (χ0) is 25.4. The van der Waals surface area contributed by atoms with E-state index in [4.69, 9.17) is 4.74 Å². The van der Waals surface area contributed by atoms with Crippen molar-refractivity contribution in [1.82, 2.24) is 9.88 Å². The van der Waals surface area contributed by atoms with Crippen LogP contribution in [0.1, 0.15) is 44.0 Å². The van der Waals surface area contributed by atoms with E-state index in [1.807, 2.05) is 71.0 Å². The molecule has 0 unspecified atom stereocenters. The Labute approximate surface area is 217 Å². The predicted octanol–water partition coefficient (Wildman–Crippen LogP) is 6.46. The number of amidine groups is 1. The monoisotopic (exact) mass is 551 g/mol. The van der Waals surface area contributed by atoms with Gasteiger partial charge in [-0.25, -0.2) is 9.79 Å². The van der Waals surface area contributed by atoms with E-state index in [0.717, 1.165) is 49.5 Å². The number of rotatable bonds is 4. The largest absolute Gasteiger partial charge is 0.465 e. The SMILES string of the molecule is COC(=O)c1cccc(-n2c(C)cc(/C=C3\SC(=Nc4cc(C)c(Br)c(C)c4)NC3=O)c2C)c1C. The van der Waals surface area contributed by atoms with Gasteiger partial charge in [0.25, 0.3) is 5.91 Å². The van der Waals surface area contributed by atoms with Crippen molar-refractivity contribution >= 4 is 56.5 Å². The third kappa shape index (κ3) is 4.86. The van der Waals surface area contributed by atoms with Crippen LogP contribution in [0.25, 0.3) is 11.8 Å². The van der Waals surface area contributed by atoms with Crippen molar-refractivity contribution in [2.75, 3.05) is 7.11 Å². The lowest BCUT2D eigenvalue weighted by atomic mass is 10.1. The molecule has 1 aliphatic rings. The van der Waals surface area contributed by atoms with Crippen molar-refractivity contribution in [1.29, 1.82) is 0 Å². The predicted molar refractivity (Wildman–Crippen MR) is 146 cm³/mol. The minimum Gasteiger partial charge on any atom is -0.465 e. The van der Waals surface area contributed by atoms with Crippen LogP contribution in [0.2, 0.25) is 0 Å². The first-order valence-corrected chi connectivity index (χ1v) is 12.6. The fourth-order valence-electron chi connectivity index (χ4n) is 4.23. The smallest absolute Gasteiger partial charge is 0.338 e. The molecule has 8 heteroatoms. The number of benzene rings is 2. The summed E-state index contributed by atoms with van der Waals surface area (Å²) in [5.41, 5.74) is 8.15. The summed E-state index contributed by atoms with van der Waals surface area (Å²) in [7, 11) is 1.38. The average molecular weight is 552 g/mol. The fourth-order valence-corrected chi connectivity index (χ4v) is 5.29. The van der Waals surface area contributed by atoms with Gasteiger partial charge in [-0.05, 0) is 105 Å². The molecular formula is C27H26BrN3O3S. The van der Waals surface area contributed by atoms with Crippen LogP contribution in [0.15, 0.2) is 50.8 Å². The van der Waals surface area contributed by atoms with Gasteiger partial charge in [-0.1, -0.05) is 22.0 Å². The van der Waals surface area contributed by atoms with Gasteiger partial charge in [0, 0.05) is 21.5 Å². The molecule has 1 amide bonds. The number of aromatic nitrogens is 1. The number of nitrogens with one attached hydrogen (secondary N) is 1. The number of aryl methyl sites for hydroxylation is 3. The number of esters is 1. The summed E-state index contributed by atoms with van der Waals surface area (Å²) in [4.78, 5) is 30.1. The van der Waals surface area contributed by atoms with Gasteiger partial charge in [-0.2, -0.15) is 0 Å². The van der Waals surface area contributed by atoms with Gasteiger partial charge in [0.05, 0.1) is 23.3 Å². The number of carbonyl (C=O) groups excluding carboxylic acids is 2. The molecule has 0 spiro atoms. The number of aliphatic imine (C=N–C) groups is 1. The molecule has 1 aromatic heterocycles. The van der Waals surface area contributed by atoms with Crippen LogP contribution < -0.4 is 5.32 Å². The normalized spacial score (nSPS) is 15.7. The van der Waals surface area contributed by atoms with E-state index in [9.17, 15) is 9.59 Å². The van der Waals surface area contributed by atoms with Crippen LogP contribution in [-0.2, 0) is 9.53 Å². The molecule has 1 aliphatic heterocycles. The third-order valence-electron chi connectivity index (χ3n) is 6.01. The van der Waals surface area contributed by atoms with Crippen molar-refractivity contribution in [3.05, 3.63) is 85.0 Å². The number of hydrogen-bond acceptors (Lipinski definition) is 5. The first-order chi connectivity index (χ1) is 16.6. The lowest BCUT2D eigenvalue weighted by molar-refractivity contribution is -0.115. The van der Waals surface area contributed by atoms with E-state index in [-0.39, 0.29) is 11.9 Å². The van der Waals surface area contributed by atoms with E-state index < -0.39 is 0 Å². The zero-order valence-electron chi connectivity index (χ0n) is 20.4. The maximum atomic E-state index is 12.7. The molecule has 0 radical (unpaired) electrons. The molecule has 0 atom stereocenters. The van der Waals surface area contributed by atoms with E-state index in [1.54, 1.807) is 6.07 Å². The zero-order valence-corrected chi connectivity index (χ0v) is 22.8. The Morgan fingerprint density at radius 2 is 1.80 bits per heavy atom. The molecule has 4 rings (SSSR count). The number of methoxy groups -OCH3 is 1. The molecule has 1 saturated heterocycles. The molecule has 3 aromatic rings. The Kier molecular flexibility index (Phi) is 7.05. The van der Waals surface area contributed by atoms with Gasteiger partial charge >= 0.3 is 5.97 Å². The second-order valence-electron chi connectivity index (χ2n) is 8.48. The summed E-state index contributed by atoms with van der Waals surface area (Å²) >= 11 is 4.90. The average Bonchev–Trinajstić information content (AvgIpc) is 3.29. The lowest BCUT2D eigenvalue weighted by Crippen LogP contribution is -2.19. The maximum Gasteiger partial charge on any atom is 0.338 e. The standard InChI is InChI=1S/C27H26BrN3O3S/c1-14-10-20(11-15(2)24(14)28)29-27-30-25(32)23(35-27)13-19-12-16(3)31(18(19)5)22-9-7-8-21(17(22)4)26(33)34-6/h7-13H,1-6H3,(H,29,30,32)/b23-13-. The highest BCUT2D eigenvalue weighted by Gasteiger charge is 2.25. The molecule has 2 heterocycles. The summed E-state index contributed by atoms with van der Waals surface area (Å²) in [5.74, 6) is -0.538. The van der Waals surface area contributed by atoms with Gasteiger partial charge in [-0.3, -0.25) is 4.79 Å². The van der Waals surface area contributed by atoms with Crippen LogP contribution in [-0.4, -0.2) is 28.7 Å². The van der Waals surface area contributed by atoms with Crippen LogP contribution >= 0.6 is 27.7 Å². The van der Waals surface area contributed by atoms with Crippen LogP contribution in [0, 0.1) is 34.6 Å². The summed E-state index contributed by atoms with van der Waals surface area (Å²) in [6.45, 7) is 9.96. The highest BCUT2D eigenvalue weighted by molar-refractivity contribution is 9.10. The summed E-state index contributed by atoms with van der Waals surface area (Å²) in [6.07, 6.45) is 1.89. The number of thioether (sulfide) groups is 1. The first-order valence-electron chi connectivity index (χ1n) is 11.0. The molecule has 6 nitrogen and oxygen atoms in total. The van der Waals surface area contributed by atoms with Crippen molar-refractivity contribution in [3.63, 3.8) is 0 Å². The van der Waals surface area contributed by atoms with E-state index in [1.165, 1.54) is 18.9 Å². The molecule has 1 N–H and O–H groups in total. The fraction of sp³-hybridized carbons (Fsp3) is 0.222.